The quantitative estimate of drug-likeness (QED) is 0.760. The molecule has 1 N–H and O–H groups in total. The number of hydrogen-bond acceptors (Lipinski definition) is 3. The maximum Gasteiger partial charge on any atom is 0.251 e. The lowest BCUT2D eigenvalue weighted by molar-refractivity contribution is 0.0937. The van der Waals surface area contributed by atoms with Crippen molar-refractivity contribution in [1.29, 1.82) is 0 Å². The molecule has 3 aromatic rings. The third kappa shape index (κ3) is 4.09. The van der Waals surface area contributed by atoms with E-state index in [0.29, 0.717) is 5.56 Å². The summed E-state index contributed by atoms with van der Waals surface area (Å²) in [6.07, 6.45) is 2.76. The number of amides is 1. The number of benzene rings is 2. The zero-order valence-corrected chi connectivity index (χ0v) is 15.5. The number of hydrogen-bond donors (Lipinski definition) is 1. The number of rotatable bonds is 5. The van der Waals surface area contributed by atoms with Gasteiger partial charge < -0.3 is 5.32 Å². The summed E-state index contributed by atoms with van der Waals surface area (Å²) in [5, 5.41) is 7.47. The molecule has 1 unspecified atom stereocenters. The van der Waals surface area contributed by atoms with E-state index in [-0.39, 0.29) is 11.9 Å². The average molecular weight is 360 g/mol. The van der Waals surface area contributed by atoms with Gasteiger partial charge in [-0.25, -0.2) is 4.68 Å². The number of carbonyl (C=O) groups is 1. The molecule has 0 bridgehead atoms. The van der Waals surface area contributed by atoms with E-state index in [1.807, 2.05) is 48.0 Å². The van der Waals surface area contributed by atoms with Crippen LogP contribution in [0.15, 0.2) is 66.9 Å². The van der Waals surface area contributed by atoms with E-state index in [1.165, 1.54) is 5.56 Å². The number of nitrogens with zero attached hydrogens (tertiary/aromatic N) is 3. The van der Waals surface area contributed by atoms with Crippen molar-refractivity contribution in [3.63, 3.8) is 0 Å². The monoisotopic (exact) mass is 360 g/mol. The largest absolute Gasteiger partial charge is 0.348 e. The Morgan fingerprint density at radius 1 is 1.11 bits per heavy atom. The number of aryl methyl sites for hydroxylation is 1. The van der Waals surface area contributed by atoms with Crippen molar-refractivity contribution in [2.24, 2.45) is 0 Å². The van der Waals surface area contributed by atoms with Gasteiger partial charge in [-0.15, -0.1) is 0 Å². The summed E-state index contributed by atoms with van der Waals surface area (Å²) in [5.41, 5.74) is 4.03. The average Bonchev–Trinajstić information content (AvgIpc) is 3.31. The van der Waals surface area contributed by atoms with Gasteiger partial charge in [0.25, 0.3) is 5.91 Å². The third-order valence-electron chi connectivity index (χ3n) is 5.06. The summed E-state index contributed by atoms with van der Waals surface area (Å²) < 4.78 is 1.86. The van der Waals surface area contributed by atoms with Crippen molar-refractivity contribution >= 4 is 5.91 Å². The SMILES string of the molecule is Cc1ccnn1-c1ccc(C(=O)NC2CCN(Cc3ccccc3)C2)cc1. The van der Waals surface area contributed by atoms with Crippen LogP contribution in [-0.2, 0) is 6.54 Å². The van der Waals surface area contributed by atoms with Crippen LogP contribution in [0.3, 0.4) is 0 Å². The summed E-state index contributed by atoms with van der Waals surface area (Å²) in [7, 11) is 0. The van der Waals surface area contributed by atoms with E-state index in [1.54, 1.807) is 6.20 Å². The molecular formula is C22H24N4O. The summed E-state index contributed by atoms with van der Waals surface area (Å²) >= 11 is 0. The van der Waals surface area contributed by atoms with Crippen LogP contribution in [0.25, 0.3) is 5.69 Å². The molecule has 1 atom stereocenters. The van der Waals surface area contributed by atoms with Crippen molar-refractivity contribution in [3.05, 3.63) is 83.7 Å². The minimum absolute atomic E-state index is 0.00898. The number of nitrogens with one attached hydrogen (secondary N) is 1. The van der Waals surface area contributed by atoms with Gasteiger partial charge in [0.05, 0.1) is 5.69 Å². The molecule has 0 radical (unpaired) electrons. The van der Waals surface area contributed by atoms with Crippen molar-refractivity contribution in [2.45, 2.75) is 25.9 Å². The highest BCUT2D eigenvalue weighted by molar-refractivity contribution is 5.94. The van der Waals surface area contributed by atoms with Gasteiger partial charge in [0, 0.05) is 43.1 Å². The second kappa shape index (κ2) is 7.76. The van der Waals surface area contributed by atoms with Gasteiger partial charge in [-0.2, -0.15) is 5.10 Å². The first kappa shape index (κ1) is 17.5. The fourth-order valence-electron chi connectivity index (χ4n) is 3.60. The molecule has 1 saturated heterocycles. The molecule has 1 fully saturated rings. The first-order chi connectivity index (χ1) is 13.2. The minimum atomic E-state index is -0.00898. The Hall–Kier alpha value is -2.92. The number of aromatic nitrogens is 2. The van der Waals surface area contributed by atoms with E-state index >= 15 is 0 Å². The van der Waals surface area contributed by atoms with Gasteiger partial charge in [0.2, 0.25) is 0 Å². The minimum Gasteiger partial charge on any atom is -0.348 e. The highest BCUT2D eigenvalue weighted by Crippen LogP contribution is 2.15. The van der Waals surface area contributed by atoms with Gasteiger partial charge in [-0.3, -0.25) is 9.69 Å². The molecule has 27 heavy (non-hydrogen) atoms. The Labute approximate surface area is 159 Å². The van der Waals surface area contributed by atoms with Gasteiger partial charge in [-0.05, 0) is 49.2 Å². The van der Waals surface area contributed by atoms with Crippen LogP contribution in [0.2, 0.25) is 0 Å². The lowest BCUT2D eigenvalue weighted by atomic mass is 10.1. The zero-order chi connectivity index (χ0) is 18.6. The topological polar surface area (TPSA) is 50.2 Å². The van der Waals surface area contributed by atoms with Crippen LogP contribution in [0.1, 0.15) is 28.0 Å². The predicted molar refractivity (Wildman–Crippen MR) is 106 cm³/mol. The lowest BCUT2D eigenvalue weighted by Gasteiger charge is -2.17. The fourth-order valence-corrected chi connectivity index (χ4v) is 3.60. The summed E-state index contributed by atoms with van der Waals surface area (Å²) in [6.45, 7) is 4.85. The van der Waals surface area contributed by atoms with Crippen LogP contribution in [0.4, 0.5) is 0 Å². The molecular weight excluding hydrogens is 336 g/mol. The third-order valence-corrected chi connectivity index (χ3v) is 5.06. The van der Waals surface area contributed by atoms with Crippen LogP contribution >= 0.6 is 0 Å². The Morgan fingerprint density at radius 2 is 1.89 bits per heavy atom. The lowest BCUT2D eigenvalue weighted by Crippen LogP contribution is -2.37. The summed E-state index contributed by atoms with van der Waals surface area (Å²) in [5.74, 6) is -0.00898. The molecule has 2 aromatic carbocycles. The Bertz CT molecular complexity index is 902. The van der Waals surface area contributed by atoms with Gasteiger partial charge in [0.15, 0.2) is 0 Å². The molecule has 0 saturated carbocycles. The van der Waals surface area contributed by atoms with E-state index in [4.69, 9.17) is 0 Å². The zero-order valence-electron chi connectivity index (χ0n) is 15.5. The van der Waals surface area contributed by atoms with Crippen LogP contribution in [0, 0.1) is 6.92 Å². The van der Waals surface area contributed by atoms with Crippen molar-refractivity contribution in [2.75, 3.05) is 13.1 Å². The van der Waals surface area contributed by atoms with Crippen LogP contribution in [-0.4, -0.2) is 39.7 Å². The fraction of sp³-hybridized carbons (Fsp3) is 0.273. The Morgan fingerprint density at radius 3 is 2.59 bits per heavy atom. The molecule has 1 aliphatic rings. The first-order valence-corrected chi connectivity index (χ1v) is 9.37. The summed E-state index contributed by atoms with van der Waals surface area (Å²) in [6, 6.07) is 20.2. The second-order valence-electron chi connectivity index (χ2n) is 7.11. The molecule has 0 spiro atoms. The molecule has 138 valence electrons. The molecule has 5 nitrogen and oxygen atoms in total. The predicted octanol–water partition coefficient (Wildman–Crippen LogP) is 3.19. The molecule has 0 aliphatic carbocycles. The normalized spacial score (nSPS) is 17.1. The number of likely N-dealkylation sites (tertiary alicyclic amines) is 1. The van der Waals surface area contributed by atoms with Crippen molar-refractivity contribution < 1.29 is 4.79 Å². The molecule has 1 aromatic heterocycles. The second-order valence-corrected chi connectivity index (χ2v) is 7.11. The highest BCUT2D eigenvalue weighted by Gasteiger charge is 2.24. The van der Waals surface area contributed by atoms with Gasteiger partial charge in [0.1, 0.15) is 0 Å². The van der Waals surface area contributed by atoms with E-state index in [0.717, 1.165) is 37.4 Å². The van der Waals surface area contributed by atoms with Gasteiger partial charge >= 0.3 is 0 Å². The molecule has 1 amide bonds. The highest BCUT2D eigenvalue weighted by atomic mass is 16.1. The van der Waals surface area contributed by atoms with E-state index in [9.17, 15) is 4.79 Å². The summed E-state index contributed by atoms with van der Waals surface area (Å²) in [4.78, 5) is 15.0. The molecule has 1 aliphatic heterocycles. The van der Waals surface area contributed by atoms with Crippen molar-refractivity contribution in [3.8, 4) is 5.69 Å². The molecule has 2 heterocycles. The van der Waals surface area contributed by atoms with Crippen molar-refractivity contribution in [1.82, 2.24) is 20.0 Å². The first-order valence-electron chi connectivity index (χ1n) is 9.37. The molecule has 5 heteroatoms. The number of carbonyl (C=O) groups excluding carboxylic acids is 1. The Kier molecular flexibility index (Phi) is 5.03. The maximum absolute atomic E-state index is 12.6. The molecule has 4 rings (SSSR count). The van der Waals surface area contributed by atoms with Gasteiger partial charge in [-0.1, -0.05) is 30.3 Å². The Balaban J connectivity index is 1.33. The maximum atomic E-state index is 12.6. The van der Waals surface area contributed by atoms with E-state index < -0.39 is 0 Å². The smallest absolute Gasteiger partial charge is 0.251 e. The standard InChI is InChI=1S/C22H24N4O/c1-17-11-13-23-26(17)21-9-7-19(8-10-21)22(27)24-20-12-14-25(16-20)15-18-5-3-2-4-6-18/h2-11,13,20H,12,14-16H2,1H3,(H,24,27). The van der Waals surface area contributed by atoms with Crippen LogP contribution < -0.4 is 5.32 Å². The van der Waals surface area contributed by atoms with Crippen LogP contribution in [0.5, 0.6) is 0 Å². The van der Waals surface area contributed by atoms with E-state index in [2.05, 4.69) is 39.6 Å².